The van der Waals surface area contributed by atoms with Gasteiger partial charge in [-0.3, -0.25) is 5.10 Å². The molecular formula is C16H28N4O2. The molecule has 6 nitrogen and oxygen atoms in total. The van der Waals surface area contributed by atoms with Crippen LogP contribution in [0.25, 0.3) is 0 Å². The Hall–Kier alpha value is -1.56. The number of carbonyl (C=O) groups is 1. The zero-order chi connectivity index (χ0) is 16.2. The number of aromatic amines is 1. The highest BCUT2D eigenvalue weighted by Crippen LogP contribution is 2.26. The Morgan fingerprint density at radius 3 is 2.95 bits per heavy atom. The van der Waals surface area contributed by atoms with Crippen molar-refractivity contribution in [1.29, 1.82) is 0 Å². The molecule has 1 fully saturated rings. The molecule has 2 heterocycles. The highest BCUT2D eigenvalue weighted by atomic mass is 16.5. The van der Waals surface area contributed by atoms with Crippen LogP contribution in [0.4, 0.5) is 4.79 Å². The Morgan fingerprint density at radius 2 is 2.36 bits per heavy atom. The van der Waals surface area contributed by atoms with E-state index < -0.39 is 0 Å². The van der Waals surface area contributed by atoms with Crippen molar-refractivity contribution in [3.63, 3.8) is 0 Å². The normalized spacial score (nSPS) is 20.7. The van der Waals surface area contributed by atoms with Gasteiger partial charge in [-0.25, -0.2) is 4.79 Å². The van der Waals surface area contributed by atoms with Crippen molar-refractivity contribution >= 4 is 6.03 Å². The first kappa shape index (κ1) is 16.8. The van der Waals surface area contributed by atoms with Gasteiger partial charge in [-0.05, 0) is 23.8 Å². The van der Waals surface area contributed by atoms with Crippen molar-refractivity contribution in [2.24, 2.45) is 5.41 Å². The third-order valence-corrected chi connectivity index (χ3v) is 4.39. The molecule has 1 aliphatic rings. The van der Waals surface area contributed by atoms with Crippen molar-refractivity contribution in [2.45, 2.75) is 45.6 Å². The molecule has 2 atom stereocenters. The molecule has 1 aromatic heterocycles. The molecule has 0 aliphatic carbocycles. The van der Waals surface area contributed by atoms with Gasteiger partial charge in [-0.1, -0.05) is 20.8 Å². The maximum absolute atomic E-state index is 12.4. The number of urea groups is 1. The van der Waals surface area contributed by atoms with Crippen molar-refractivity contribution in [2.75, 3.05) is 26.7 Å². The van der Waals surface area contributed by atoms with E-state index in [4.69, 9.17) is 4.74 Å². The molecule has 0 radical (unpaired) electrons. The molecule has 0 saturated carbocycles. The summed E-state index contributed by atoms with van der Waals surface area (Å²) in [5, 5.41) is 9.87. The summed E-state index contributed by atoms with van der Waals surface area (Å²) in [6.07, 6.45) is 5.91. The quantitative estimate of drug-likeness (QED) is 0.897. The van der Waals surface area contributed by atoms with Crippen molar-refractivity contribution in [1.82, 2.24) is 20.4 Å². The van der Waals surface area contributed by atoms with Gasteiger partial charge in [0.1, 0.15) is 0 Å². The van der Waals surface area contributed by atoms with E-state index in [9.17, 15) is 4.79 Å². The summed E-state index contributed by atoms with van der Waals surface area (Å²) in [6.45, 7) is 8.44. The Kier molecular flexibility index (Phi) is 5.45. The first-order chi connectivity index (χ1) is 10.4. The number of rotatable bonds is 4. The van der Waals surface area contributed by atoms with Gasteiger partial charge >= 0.3 is 6.03 Å². The van der Waals surface area contributed by atoms with Crippen molar-refractivity contribution in [3.05, 3.63) is 18.0 Å². The van der Waals surface area contributed by atoms with Gasteiger partial charge in [0.15, 0.2) is 0 Å². The predicted molar refractivity (Wildman–Crippen MR) is 85.8 cm³/mol. The van der Waals surface area contributed by atoms with Crippen LogP contribution in [0.3, 0.4) is 0 Å². The van der Waals surface area contributed by atoms with E-state index >= 15 is 0 Å². The number of likely N-dealkylation sites (tertiary alicyclic amines) is 1. The van der Waals surface area contributed by atoms with Crippen LogP contribution < -0.4 is 5.32 Å². The SMILES string of the molecule is CO[C@H](CNC(=O)N1CCC[C@H](c2cn[nH]c2)C1)C(C)(C)C. The molecule has 1 aliphatic heterocycles. The molecule has 6 heteroatoms. The average Bonchev–Trinajstić information content (AvgIpc) is 3.00. The van der Waals surface area contributed by atoms with Gasteiger partial charge in [0.25, 0.3) is 0 Å². The van der Waals surface area contributed by atoms with Crippen LogP contribution >= 0.6 is 0 Å². The number of ether oxygens (including phenoxy) is 1. The summed E-state index contributed by atoms with van der Waals surface area (Å²) in [4.78, 5) is 14.3. The first-order valence-electron chi connectivity index (χ1n) is 7.96. The zero-order valence-electron chi connectivity index (χ0n) is 14.1. The molecule has 1 saturated heterocycles. The lowest BCUT2D eigenvalue weighted by molar-refractivity contribution is 0.0183. The van der Waals surface area contributed by atoms with Gasteiger partial charge < -0.3 is 15.0 Å². The number of hydrogen-bond acceptors (Lipinski definition) is 3. The van der Waals surface area contributed by atoms with Gasteiger partial charge in [-0.2, -0.15) is 5.10 Å². The maximum Gasteiger partial charge on any atom is 0.317 e. The lowest BCUT2D eigenvalue weighted by atomic mass is 9.89. The number of methoxy groups -OCH3 is 1. The van der Waals surface area contributed by atoms with E-state index in [1.54, 1.807) is 7.11 Å². The summed E-state index contributed by atoms with van der Waals surface area (Å²) in [6, 6.07) is -0.000468. The highest BCUT2D eigenvalue weighted by Gasteiger charge is 2.28. The lowest BCUT2D eigenvalue weighted by Crippen LogP contribution is -2.48. The number of amides is 2. The standard InChI is InChI=1S/C16H28N4O2/c1-16(2,3)14(22-4)10-17-15(21)20-7-5-6-12(11-20)13-8-18-19-9-13/h8-9,12,14H,5-7,10-11H2,1-4H3,(H,17,21)(H,18,19)/t12-,14+/m0/s1. The number of carbonyl (C=O) groups excluding carboxylic acids is 1. The van der Waals surface area contributed by atoms with Gasteiger partial charge in [0, 0.05) is 38.9 Å². The van der Waals surface area contributed by atoms with Crippen molar-refractivity contribution in [3.8, 4) is 0 Å². The fourth-order valence-corrected chi connectivity index (χ4v) is 2.95. The second-order valence-electron chi connectivity index (χ2n) is 7.09. The number of H-pyrrole nitrogens is 1. The predicted octanol–water partition coefficient (Wildman–Crippen LogP) is 2.36. The molecule has 2 amide bonds. The van der Waals surface area contributed by atoms with E-state index in [1.165, 1.54) is 5.56 Å². The Balaban J connectivity index is 1.87. The van der Waals surface area contributed by atoms with Crippen LogP contribution in [0.1, 0.15) is 45.1 Å². The van der Waals surface area contributed by atoms with E-state index in [2.05, 4.69) is 36.3 Å². The number of hydrogen-bond donors (Lipinski definition) is 2. The summed E-state index contributed by atoms with van der Waals surface area (Å²) in [7, 11) is 1.69. The first-order valence-corrected chi connectivity index (χ1v) is 7.96. The van der Waals surface area contributed by atoms with Gasteiger partial charge in [0.2, 0.25) is 0 Å². The number of piperidine rings is 1. The second-order valence-corrected chi connectivity index (χ2v) is 7.09. The fraction of sp³-hybridized carbons (Fsp3) is 0.750. The Labute approximate surface area is 132 Å². The van der Waals surface area contributed by atoms with Crippen LogP contribution in [0.15, 0.2) is 12.4 Å². The molecule has 124 valence electrons. The summed E-state index contributed by atoms with van der Waals surface area (Å²) >= 11 is 0. The second kappa shape index (κ2) is 7.13. The van der Waals surface area contributed by atoms with Crippen molar-refractivity contribution < 1.29 is 9.53 Å². The molecule has 0 aromatic carbocycles. The zero-order valence-corrected chi connectivity index (χ0v) is 14.1. The molecule has 1 aromatic rings. The third kappa shape index (κ3) is 4.22. The fourth-order valence-electron chi connectivity index (χ4n) is 2.95. The van der Waals surface area contributed by atoms with Crippen LogP contribution in [0, 0.1) is 5.41 Å². The largest absolute Gasteiger partial charge is 0.379 e. The molecular weight excluding hydrogens is 280 g/mol. The molecule has 2 N–H and O–H groups in total. The van der Waals surface area contributed by atoms with Gasteiger partial charge in [-0.15, -0.1) is 0 Å². The van der Waals surface area contributed by atoms with E-state index in [-0.39, 0.29) is 17.6 Å². The van der Waals surface area contributed by atoms with E-state index in [0.29, 0.717) is 12.5 Å². The smallest absolute Gasteiger partial charge is 0.317 e. The highest BCUT2D eigenvalue weighted by molar-refractivity contribution is 5.74. The number of nitrogens with one attached hydrogen (secondary N) is 2. The summed E-state index contributed by atoms with van der Waals surface area (Å²) in [5.74, 6) is 0.374. The van der Waals surface area contributed by atoms with Crippen LogP contribution in [0.2, 0.25) is 0 Å². The lowest BCUT2D eigenvalue weighted by Gasteiger charge is -2.34. The van der Waals surface area contributed by atoms with Gasteiger partial charge in [0.05, 0.1) is 12.3 Å². The monoisotopic (exact) mass is 308 g/mol. The summed E-state index contributed by atoms with van der Waals surface area (Å²) < 4.78 is 5.49. The molecule has 22 heavy (non-hydrogen) atoms. The van der Waals surface area contributed by atoms with E-state index in [0.717, 1.165) is 25.9 Å². The minimum absolute atomic E-state index is 0.000468. The van der Waals surface area contributed by atoms with Crippen LogP contribution in [0.5, 0.6) is 0 Å². The average molecular weight is 308 g/mol. The topological polar surface area (TPSA) is 70.2 Å². The van der Waals surface area contributed by atoms with Crippen LogP contribution in [-0.4, -0.2) is 54.0 Å². The van der Waals surface area contributed by atoms with E-state index in [1.807, 2.05) is 17.3 Å². The molecule has 0 spiro atoms. The van der Waals surface area contributed by atoms with Crippen LogP contribution in [-0.2, 0) is 4.74 Å². The number of nitrogens with zero attached hydrogens (tertiary/aromatic N) is 2. The number of aromatic nitrogens is 2. The Morgan fingerprint density at radius 1 is 1.59 bits per heavy atom. The minimum Gasteiger partial charge on any atom is -0.379 e. The maximum atomic E-state index is 12.4. The molecule has 0 bridgehead atoms. The molecule has 2 rings (SSSR count). The Bertz CT molecular complexity index is 467. The molecule has 0 unspecified atom stereocenters. The summed E-state index contributed by atoms with van der Waals surface area (Å²) in [5.41, 5.74) is 1.19. The third-order valence-electron chi connectivity index (χ3n) is 4.39. The minimum atomic E-state index is -0.000468.